The molecule has 3 aromatic heterocycles. The molecule has 0 unspecified atom stereocenters. The van der Waals surface area contributed by atoms with E-state index in [4.69, 9.17) is 11.6 Å². The Bertz CT molecular complexity index is 724. The van der Waals surface area contributed by atoms with Gasteiger partial charge in [-0.25, -0.2) is 9.97 Å². The van der Waals surface area contributed by atoms with Gasteiger partial charge in [0.1, 0.15) is 0 Å². The first-order valence-corrected chi connectivity index (χ1v) is 7.47. The van der Waals surface area contributed by atoms with E-state index in [2.05, 4.69) is 27.9 Å². The summed E-state index contributed by atoms with van der Waals surface area (Å²) in [6.45, 7) is 2.07. The second-order valence-corrected chi connectivity index (χ2v) is 5.40. The fourth-order valence-electron chi connectivity index (χ4n) is 1.97. The van der Waals surface area contributed by atoms with Crippen molar-refractivity contribution in [3.8, 4) is 11.4 Å². The molecular formula is C14H12ClN3S. The first kappa shape index (κ1) is 12.5. The molecule has 0 saturated heterocycles. The van der Waals surface area contributed by atoms with Crippen LogP contribution < -0.4 is 0 Å². The van der Waals surface area contributed by atoms with E-state index < -0.39 is 0 Å². The Hall–Kier alpha value is -1.52. The van der Waals surface area contributed by atoms with Gasteiger partial charge in [-0.05, 0) is 23.9 Å². The fourth-order valence-corrected chi connectivity index (χ4v) is 2.97. The van der Waals surface area contributed by atoms with Crippen molar-refractivity contribution in [2.75, 3.05) is 0 Å². The lowest BCUT2D eigenvalue weighted by atomic mass is 10.2. The van der Waals surface area contributed by atoms with E-state index in [1.54, 1.807) is 11.3 Å². The molecule has 0 aliphatic heterocycles. The van der Waals surface area contributed by atoms with Crippen LogP contribution in [-0.4, -0.2) is 15.0 Å². The van der Waals surface area contributed by atoms with Gasteiger partial charge in [-0.1, -0.05) is 6.92 Å². The number of pyridine rings is 1. The van der Waals surface area contributed by atoms with Gasteiger partial charge in [-0.2, -0.15) is 0 Å². The highest BCUT2D eigenvalue weighted by Gasteiger charge is 2.08. The summed E-state index contributed by atoms with van der Waals surface area (Å²) in [6.07, 6.45) is 4.49. The number of hydrogen-bond acceptors (Lipinski definition) is 4. The third kappa shape index (κ3) is 2.33. The van der Waals surface area contributed by atoms with Crippen molar-refractivity contribution in [1.29, 1.82) is 0 Å². The zero-order chi connectivity index (χ0) is 13.2. The summed E-state index contributed by atoms with van der Waals surface area (Å²) in [5, 5.41) is 2.04. The largest absolute Gasteiger partial charge is 0.255 e. The smallest absolute Gasteiger partial charge is 0.161 e. The quantitative estimate of drug-likeness (QED) is 0.683. The zero-order valence-corrected chi connectivity index (χ0v) is 12.0. The molecule has 3 rings (SSSR count). The molecule has 0 N–H and O–H groups in total. The minimum Gasteiger partial charge on any atom is -0.255 e. The number of aromatic nitrogens is 3. The maximum absolute atomic E-state index is 5.88. The molecule has 19 heavy (non-hydrogen) atoms. The summed E-state index contributed by atoms with van der Waals surface area (Å²) in [4.78, 5) is 13.4. The number of hydrogen-bond donors (Lipinski definition) is 0. The average Bonchev–Trinajstić information content (AvgIpc) is 2.93. The highest BCUT2D eigenvalue weighted by atomic mass is 35.5. The number of fused-ring (bicyclic) bond motifs is 1. The lowest BCUT2D eigenvalue weighted by Gasteiger charge is -2.06. The summed E-state index contributed by atoms with van der Waals surface area (Å²) in [7, 11) is 0. The Kier molecular flexibility index (Phi) is 3.44. The topological polar surface area (TPSA) is 38.7 Å². The Balaban J connectivity index is 2.09. The molecular weight excluding hydrogens is 278 g/mol. The Morgan fingerprint density at radius 3 is 2.95 bits per heavy atom. The van der Waals surface area contributed by atoms with Crippen LogP contribution in [0.3, 0.4) is 0 Å². The fraction of sp³-hybridized carbons (Fsp3) is 0.214. The van der Waals surface area contributed by atoms with Crippen LogP contribution in [0.4, 0.5) is 0 Å². The third-order valence-corrected chi connectivity index (χ3v) is 4.13. The minimum absolute atomic E-state index is 0.450. The van der Waals surface area contributed by atoms with Gasteiger partial charge in [0, 0.05) is 29.2 Å². The first-order chi connectivity index (χ1) is 9.31. The van der Waals surface area contributed by atoms with Gasteiger partial charge in [0.15, 0.2) is 5.82 Å². The van der Waals surface area contributed by atoms with Gasteiger partial charge < -0.3 is 0 Å². The van der Waals surface area contributed by atoms with Crippen LogP contribution in [-0.2, 0) is 12.3 Å². The highest BCUT2D eigenvalue weighted by molar-refractivity contribution is 7.17. The lowest BCUT2D eigenvalue weighted by molar-refractivity contribution is 0.969. The third-order valence-electron chi connectivity index (χ3n) is 2.99. The summed E-state index contributed by atoms with van der Waals surface area (Å²) >= 11 is 7.56. The van der Waals surface area contributed by atoms with Crippen molar-refractivity contribution in [3.63, 3.8) is 0 Å². The summed E-state index contributed by atoms with van der Waals surface area (Å²) < 4.78 is 1.15. The summed E-state index contributed by atoms with van der Waals surface area (Å²) in [5.41, 5.74) is 3.97. The molecule has 0 amide bonds. The van der Waals surface area contributed by atoms with E-state index >= 15 is 0 Å². The van der Waals surface area contributed by atoms with Crippen LogP contribution in [0.1, 0.15) is 18.2 Å². The number of rotatable bonds is 3. The molecule has 0 spiro atoms. The van der Waals surface area contributed by atoms with Crippen LogP contribution in [0.5, 0.6) is 0 Å². The monoisotopic (exact) mass is 289 g/mol. The Morgan fingerprint density at radius 1 is 1.26 bits per heavy atom. The number of alkyl halides is 1. The SMILES string of the molecule is CCc1nc(-c2cnc3ccsc3c2)ncc1CCl. The maximum Gasteiger partial charge on any atom is 0.161 e. The van der Waals surface area contributed by atoms with Crippen molar-refractivity contribution in [1.82, 2.24) is 15.0 Å². The van der Waals surface area contributed by atoms with Crippen LogP contribution >= 0.6 is 22.9 Å². The van der Waals surface area contributed by atoms with Gasteiger partial charge in [0.25, 0.3) is 0 Å². The van der Waals surface area contributed by atoms with E-state index in [0.717, 1.165) is 33.5 Å². The van der Waals surface area contributed by atoms with Crippen molar-refractivity contribution < 1.29 is 0 Å². The molecule has 5 heteroatoms. The van der Waals surface area contributed by atoms with Gasteiger partial charge >= 0.3 is 0 Å². The van der Waals surface area contributed by atoms with Crippen LogP contribution in [0.15, 0.2) is 29.9 Å². The van der Waals surface area contributed by atoms with Crippen molar-refractivity contribution in [3.05, 3.63) is 41.2 Å². The predicted molar refractivity (Wildman–Crippen MR) is 79.6 cm³/mol. The van der Waals surface area contributed by atoms with Crippen molar-refractivity contribution >= 4 is 33.2 Å². The lowest BCUT2D eigenvalue weighted by Crippen LogP contribution is -1.99. The Morgan fingerprint density at radius 2 is 2.16 bits per heavy atom. The number of aryl methyl sites for hydroxylation is 1. The predicted octanol–water partition coefficient (Wildman–Crippen LogP) is 4.05. The van der Waals surface area contributed by atoms with Gasteiger partial charge in [0.05, 0.1) is 16.1 Å². The van der Waals surface area contributed by atoms with Crippen molar-refractivity contribution in [2.45, 2.75) is 19.2 Å². The molecule has 0 saturated carbocycles. The van der Waals surface area contributed by atoms with E-state index in [1.807, 2.05) is 23.8 Å². The molecule has 0 aliphatic rings. The molecule has 0 bridgehead atoms. The Labute approximate surface area is 120 Å². The van der Waals surface area contributed by atoms with Gasteiger partial charge in [-0.15, -0.1) is 22.9 Å². The summed E-state index contributed by atoms with van der Waals surface area (Å²) in [6, 6.07) is 4.10. The van der Waals surface area contributed by atoms with Crippen LogP contribution in [0.25, 0.3) is 21.6 Å². The molecule has 0 atom stereocenters. The van der Waals surface area contributed by atoms with E-state index in [-0.39, 0.29) is 0 Å². The molecule has 96 valence electrons. The molecule has 3 nitrogen and oxygen atoms in total. The highest BCUT2D eigenvalue weighted by Crippen LogP contribution is 2.24. The normalized spacial score (nSPS) is 11.1. The van der Waals surface area contributed by atoms with E-state index in [9.17, 15) is 0 Å². The molecule has 0 aliphatic carbocycles. The first-order valence-electron chi connectivity index (χ1n) is 6.06. The number of thiophene rings is 1. The number of halogens is 1. The molecule has 3 aromatic rings. The molecule has 0 fully saturated rings. The number of nitrogens with zero attached hydrogens (tertiary/aromatic N) is 3. The minimum atomic E-state index is 0.450. The molecule has 0 aromatic carbocycles. The van der Waals surface area contributed by atoms with Crippen molar-refractivity contribution in [2.24, 2.45) is 0 Å². The summed E-state index contributed by atoms with van der Waals surface area (Å²) in [5.74, 6) is 1.17. The van der Waals surface area contributed by atoms with Crippen LogP contribution in [0.2, 0.25) is 0 Å². The maximum atomic E-state index is 5.88. The molecule has 3 heterocycles. The van der Waals surface area contributed by atoms with E-state index in [0.29, 0.717) is 11.7 Å². The molecule has 0 radical (unpaired) electrons. The van der Waals surface area contributed by atoms with E-state index in [1.165, 1.54) is 0 Å². The standard InChI is InChI=1S/C14H12ClN3S/c1-2-11-10(6-15)8-17-14(18-11)9-5-13-12(16-7-9)3-4-19-13/h3-5,7-8H,2,6H2,1H3. The second kappa shape index (κ2) is 5.23. The average molecular weight is 290 g/mol. The van der Waals surface area contributed by atoms with Gasteiger partial charge in [-0.3, -0.25) is 4.98 Å². The second-order valence-electron chi connectivity index (χ2n) is 4.18. The zero-order valence-electron chi connectivity index (χ0n) is 10.4. The van der Waals surface area contributed by atoms with Crippen LogP contribution in [0, 0.1) is 0 Å². The van der Waals surface area contributed by atoms with Gasteiger partial charge in [0.2, 0.25) is 0 Å².